The SMILES string of the molecule is CS(=O)(=O)c1ncc(C(=O)O)c(-c2ccccc2F)n1. The maximum absolute atomic E-state index is 13.7. The molecule has 0 saturated heterocycles. The summed E-state index contributed by atoms with van der Waals surface area (Å²) in [5.74, 6) is -2.07. The third-order valence-corrected chi connectivity index (χ3v) is 3.32. The van der Waals surface area contributed by atoms with Crippen LogP contribution in [0.25, 0.3) is 11.3 Å². The fraction of sp³-hybridized carbons (Fsp3) is 0.0833. The van der Waals surface area contributed by atoms with E-state index in [4.69, 9.17) is 5.11 Å². The van der Waals surface area contributed by atoms with Crippen molar-refractivity contribution in [1.82, 2.24) is 9.97 Å². The summed E-state index contributed by atoms with van der Waals surface area (Å²) < 4.78 is 36.6. The molecule has 0 aliphatic heterocycles. The zero-order chi connectivity index (χ0) is 14.9. The average Bonchev–Trinajstić information content (AvgIpc) is 2.37. The first kappa shape index (κ1) is 14.1. The summed E-state index contributed by atoms with van der Waals surface area (Å²) in [4.78, 5) is 18.3. The number of carboxylic acids is 1. The number of nitrogens with zero attached hydrogens (tertiary/aromatic N) is 2. The molecule has 0 spiro atoms. The van der Waals surface area contributed by atoms with Crippen molar-refractivity contribution >= 4 is 15.8 Å². The zero-order valence-electron chi connectivity index (χ0n) is 10.2. The van der Waals surface area contributed by atoms with Crippen LogP contribution in [-0.2, 0) is 9.84 Å². The monoisotopic (exact) mass is 296 g/mol. The molecule has 20 heavy (non-hydrogen) atoms. The summed E-state index contributed by atoms with van der Waals surface area (Å²) in [5.41, 5.74) is -0.745. The predicted molar refractivity (Wildman–Crippen MR) is 67.5 cm³/mol. The highest BCUT2D eigenvalue weighted by molar-refractivity contribution is 7.90. The Hall–Kier alpha value is -2.35. The first-order chi connectivity index (χ1) is 9.30. The van der Waals surface area contributed by atoms with Gasteiger partial charge < -0.3 is 5.11 Å². The number of rotatable bonds is 3. The molecule has 0 amide bonds. The van der Waals surface area contributed by atoms with Gasteiger partial charge in [0, 0.05) is 18.0 Å². The highest BCUT2D eigenvalue weighted by atomic mass is 32.2. The molecule has 1 heterocycles. The van der Waals surface area contributed by atoms with Crippen LogP contribution >= 0.6 is 0 Å². The van der Waals surface area contributed by atoms with Gasteiger partial charge in [0.1, 0.15) is 11.4 Å². The number of sulfone groups is 1. The van der Waals surface area contributed by atoms with Crippen molar-refractivity contribution < 1.29 is 22.7 Å². The Labute approximate surface area is 113 Å². The normalized spacial score (nSPS) is 11.3. The van der Waals surface area contributed by atoms with Crippen LogP contribution in [0.4, 0.5) is 4.39 Å². The lowest BCUT2D eigenvalue weighted by molar-refractivity contribution is 0.0696. The smallest absolute Gasteiger partial charge is 0.339 e. The third kappa shape index (κ3) is 2.64. The van der Waals surface area contributed by atoms with Gasteiger partial charge in [-0.3, -0.25) is 0 Å². The lowest BCUT2D eigenvalue weighted by Crippen LogP contribution is -2.10. The number of carboxylic acid groups (broad SMARTS) is 1. The van der Waals surface area contributed by atoms with Gasteiger partial charge in [-0.05, 0) is 12.1 Å². The molecule has 0 atom stereocenters. The van der Waals surface area contributed by atoms with Crippen molar-refractivity contribution in [3.63, 3.8) is 0 Å². The number of hydrogen-bond acceptors (Lipinski definition) is 5. The van der Waals surface area contributed by atoms with Crippen molar-refractivity contribution in [3.05, 3.63) is 41.8 Å². The molecular formula is C12H9FN2O4S. The van der Waals surface area contributed by atoms with E-state index in [1.165, 1.54) is 18.2 Å². The minimum Gasteiger partial charge on any atom is -0.478 e. The Morgan fingerprint density at radius 3 is 2.50 bits per heavy atom. The van der Waals surface area contributed by atoms with Gasteiger partial charge in [0.15, 0.2) is 0 Å². The Balaban J connectivity index is 2.78. The average molecular weight is 296 g/mol. The number of benzene rings is 1. The molecule has 2 rings (SSSR count). The molecule has 6 nitrogen and oxygen atoms in total. The Bertz CT molecular complexity index is 790. The second-order valence-electron chi connectivity index (χ2n) is 3.97. The highest BCUT2D eigenvalue weighted by Crippen LogP contribution is 2.24. The van der Waals surface area contributed by atoms with Gasteiger partial charge in [0.2, 0.25) is 15.0 Å². The van der Waals surface area contributed by atoms with E-state index in [1.807, 2.05) is 0 Å². The molecule has 8 heteroatoms. The zero-order valence-corrected chi connectivity index (χ0v) is 11.1. The summed E-state index contributed by atoms with van der Waals surface area (Å²) in [6.45, 7) is 0. The molecule has 1 aromatic carbocycles. The van der Waals surface area contributed by atoms with E-state index >= 15 is 0 Å². The topological polar surface area (TPSA) is 97.2 Å². The highest BCUT2D eigenvalue weighted by Gasteiger charge is 2.21. The van der Waals surface area contributed by atoms with Crippen molar-refractivity contribution in [2.24, 2.45) is 0 Å². The van der Waals surface area contributed by atoms with Crippen molar-refractivity contribution in [2.75, 3.05) is 6.26 Å². The standard InChI is InChI=1S/C12H9FN2O4S/c1-20(18,19)12-14-6-8(11(16)17)10(15-12)7-4-2-3-5-9(7)13/h2-6H,1H3,(H,16,17). The van der Waals surface area contributed by atoms with Gasteiger partial charge in [-0.1, -0.05) is 12.1 Å². The number of carbonyl (C=O) groups is 1. The van der Waals surface area contributed by atoms with Gasteiger partial charge >= 0.3 is 5.97 Å². The molecule has 0 bridgehead atoms. The summed E-state index contributed by atoms with van der Waals surface area (Å²) in [7, 11) is -3.73. The maximum atomic E-state index is 13.7. The third-order valence-electron chi connectivity index (χ3n) is 2.46. The predicted octanol–water partition coefficient (Wildman–Crippen LogP) is 1.38. The van der Waals surface area contributed by atoms with Crippen LogP contribution < -0.4 is 0 Å². The van der Waals surface area contributed by atoms with Crippen LogP contribution in [0.1, 0.15) is 10.4 Å². The molecule has 0 saturated carbocycles. The first-order valence-corrected chi connectivity index (χ1v) is 7.25. The first-order valence-electron chi connectivity index (χ1n) is 5.36. The van der Waals surface area contributed by atoms with E-state index in [-0.39, 0.29) is 16.8 Å². The van der Waals surface area contributed by atoms with Crippen LogP contribution in [0, 0.1) is 5.82 Å². The largest absolute Gasteiger partial charge is 0.478 e. The van der Waals surface area contributed by atoms with E-state index in [9.17, 15) is 17.6 Å². The number of aromatic nitrogens is 2. The lowest BCUT2D eigenvalue weighted by Gasteiger charge is -2.07. The van der Waals surface area contributed by atoms with Crippen LogP contribution in [0.3, 0.4) is 0 Å². The molecule has 2 aromatic rings. The van der Waals surface area contributed by atoms with Crippen LogP contribution in [0.15, 0.2) is 35.6 Å². The van der Waals surface area contributed by atoms with Gasteiger partial charge in [-0.25, -0.2) is 27.6 Å². The summed E-state index contributed by atoms with van der Waals surface area (Å²) in [6, 6.07) is 5.36. The Kier molecular flexibility index (Phi) is 3.49. The number of halogens is 1. The number of aromatic carboxylic acids is 1. The van der Waals surface area contributed by atoms with Crippen molar-refractivity contribution in [2.45, 2.75) is 5.16 Å². The molecule has 1 aromatic heterocycles. The van der Waals surface area contributed by atoms with Gasteiger partial charge in [-0.2, -0.15) is 0 Å². The fourth-order valence-corrected chi connectivity index (χ4v) is 2.06. The quantitative estimate of drug-likeness (QED) is 0.859. The molecule has 0 unspecified atom stereocenters. The molecule has 0 aliphatic rings. The summed E-state index contributed by atoms with van der Waals surface area (Å²) >= 11 is 0. The molecule has 0 aliphatic carbocycles. The van der Waals surface area contributed by atoms with Gasteiger partial charge in [0.25, 0.3) is 0 Å². The lowest BCUT2D eigenvalue weighted by atomic mass is 10.1. The minimum absolute atomic E-state index is 0.0998. The van der Waals surface area contributed by atoms with E-state index < -0.39 is 26.8 Å². The molecule has 1 N–H and O–H groups in total. The number of hydrogen-bond donors (Lipinski definition) is 1. The van der Waals surface area contributed by atoms with E-state index in [2.05, 4.69) is 9.97 Å². The molecular weight excluding hydrogens is 287 g/mol. The second kappa shape index (κ2) is 4.97. The van der Waals surface area contributed by atoms with E-state index in [1.54, 1.807) is 0 Å². The van der Waals surface area contributed by atoms with Crippen molar-refractivity contribution in [1.29, 1.82) is 0 Å². The van der Waals surface area contributed by atoms with Gasteiger partial charge in [0.05, 0.1) is 5.69 Å². The van der Waals surface area contributed by atoms with Crippen LogP contribution in [-0.4, -0.2) is 35.7 Å². The Morgan fingerprint density at radius 2 is 1.95 bits per heavy atom. The Morgan fingerprint density at radius 1 is 1.30 bits per heavy atom. The van der Waals surface area contributed by atoms with Gasteiger partial charge in [-0.15, -0.1) is 0 Å². The fourth-order valence-electron chi connectivity index (χ4n) is 1.56. The van der Waals surface area contributed by atoms with Crippen LogP contribution in [0.5, 0.6) is 0 Å². The summed E-state index contributed by atoms with van der Waals surface area (Å²) in [6.07, 6.45) is 1.74. The van der Waals surface area contributed by atoms with E-state index in [0.29, 0.717) is 0 Å². The minimum atomic E-state index is -3.73. The molecule has 104 valence electrons. The maximum Gasteiger partial charge on any atom is 0.339 e. The second-order valence-corrected chi connectivity index (χ2v) is 5.88. The van der Waals surface area contributed by atoms with Crippen LogP contribution in [0.2, 0.25) is 0 Å². The molecule has 0 fully saturated rings. The van der Waals surface area contributed by atoms with Crippen molar-refractivity contribution in [3.8, 4) is 11.3 Å². The molecule has 0 radical (unpaired) electrons. The summed E-state index contributed by atoms with van der Waals surface area (Å²) in [5, 5.41) is 8.50. The van der Waals surface area contributed by atoms with E-state index in [0.717, 1.165) is 18.5 Å².